The van der Waals surface area contributed by atoms with Gasteiger partial charge in [0.05, 0.1) is 18.0 Å². The van der Waals surface area contributed by atoms with Crippen molar-refractivity contribution in [1.82, 2.24) is 9.78 Å². The summed E-state index contributed by atoms with van der Waals surface area (Å²) < 4.78 is 7.37. The predicted molar refractivity (Wildman–Crippen MR) is 91.3 cm³/mol. The van der Waals surface area contributed by atoms with Gasteiger partial charge in [-0.3, -0.25) is 14.3 Å². The Morgan fingerprint density at radius 1 is 1.36 bits per heavy atom. The summed E-state index contributed by atoms with van der Waals surface area (Å²) >= 11 is 2.16. The first-order chi connectivity index (χ1) is 10.5. The van der Waals surface area contributed by atoms with E-state index in [9.17, 15) is 9.59 Å². The highest BCUT2D eigenvalue weighted by atomic mass is 127. The molecule has 1 aromatic heterocycles. The minimum atomic E-state index is -0.321. The van der Waals surface area contributed by atoms with Crippen molar-refractivity contribution in [3.05, 3.63) is 34.0 Å². The number of hydrogen-bond acceptors (Lipinski definition) is 4. The Labute approximate surface area is 142 Å². The molecular formula is C15H16IN3O3. The van der Waals surface area contributed by atoms with E-state index in [2.05, 4.69) is 33.0 Å². The molecule has 1 N–H and O–H groups in total. The number of ether oxygens (including phenoxy) is 1. The Balaban J connectivity index is 2.20. The lowest BCUT2D eigenvalue weighted by atomic mass is 10.1. The molecule has 0 aliphatic heterocycles. The van der Waals surface area contributed by atoms with Crippen LogP contribution >= 0.6 is 22.6 Å². The minimum absolute atomic E-state index is 0.0801. The Hall–Kier alpha value is -1.90. The summed E-state index contributed by atoms with van der Waals surface area (Å²) in [6.07, 6.45) is 1.72. The number of rotatable bonds is 5. The van der Waals surface area contributed by atoms with Gasteiger partial charge in [0, 0.05) is 22.3 Å². The molecule has 0 saturated carbocycles. The van der Waals surface area contributed by atoms with Crippen molar-refractivity contribution in [2.24, 2.45) is 0 Å². The smallest absolute Gasteiger partial charge is 0.327 e. The fraction of sp³-hybridized carbons (Fsp3) is 0.267. The Morgan fingerprint density at radius 2 is 2.14 bits per heavy atom. The van der Waals surface area contributed by atoms with Gasteiger partial charge < -0.3 is 10.1 Å². The normalized spacial score (nSPS) is 10.3. The Bertz CT molecular complexity index is 697. The Morgan fingerprint density at radius 3 is 2.82 bits per heavy atom. The van der Waals surface area contributed by atoms with Gasteiger partial charge in [0.2, 0.25) is 5.91 Å². The lowest BCUT2D eigenvalue weighted by Gasteiger charge is -2.07. The van der Waals surface area contributed by atoms with Crippen LogP contribution in [0.5, 0.6) is 0 Å². The first-order valence-electron chi connectivity index (χ1n) is 6.76. The van der Waals surface area contributed by atoms with Crippen LogP contribution < -0.4 is 5.32 Å². The summed E-state index contributed by atoms with van der Waals surface area (Å²) in [7, 11) is 0. The van der Waals surface area contributed by atoms with Crippen LogP contribution in [0, 0.1) is 3.57 Å². The van der Waals surface area contributed by atoms with Crippen LogP contribution in [0.2, 0.25) is 0 Å². The van der Waals surface area contributed by atoms with E-state index < -0.39 is 0 Å². The van der Waals surface area contributed by atoms with E-state index in [1.807, 2.05) is 24.3 Å². The van der Waals surface area contributed by atoms with E-state index >= 15 is 0 Å². The molecule has 0 spiro atoms. The van der Waals surface area contributed by atoms with Crippen LogP contribution in [0.25, 0.3) is 11.3 Å². The average molecular weight is 413 g/mol. The average Bonchev–Trinajstić information content (AvgIpc) is 2.89. The molecule has 0 saturated heterocycles. The molecule has 0 unspecified atom stereocenters. The van der Waals surface area contributed by atoms with Crippen molar-refractivity contribution >= 4 is 40.2 Å². The number of benzene rings is 1. The quantitative estimate of drug-likeness (QED) is 0.605. The SMILES string of the molecule is CCOC(=O)Cn1ccc(-c2ccc(I)c(NC(C)=O)c2)n1. The van der Waals surface area contributed by atoms with Crippen molar-refractivity contribution in [1.29, 1.82) is 0 Å². The molecule has 6 nitrogen and oxygen atoms in total. The van der Waals surface area contributed by atoms with Crippen molar-refractivity contribution < 1.29 is 14.3 Å². The third-order valence-corrected chi connectivity index (χ3v) is 3.75. The van der Waals surface area contributed by atoms with Gasteiger partial charge in [-0.2, -0.15) is 5.10 Å². The van der Waals surface area contributed by atoms with Gasteiger partial charge in [-0.1, -0.05) is 6.07 Å². The second-order valence-corrected chi connectivity index (χ2v) is 5.74. The van der Waals surface area contributed by atoms with E-state index in [4.69, 9.17) is 4.74 Å². The summed E-state index contributed by atoms with van der Waals surface area (Å²) in [6, 6.07) is 7.51. The van der Waals surface area contributed by atoms with E-state index in [1.54, 1.807) is 13.1 Å². The number of aromatic nitrogens is 2. The number of carbonyl (C=O) groups is 2. The third-order valence-electron chi connectivity index (χ3n) is 2.81. The van der Waals surface area contributed by atoms with Crippen LogP contribution in [-0.4, -0.2) is 28.3 Å². The highest BCUT2D eigenvalue weighted by Crippen LogP contribution is 2.25. The van der Waals surface area contributed by atoms with E-state index in [-0.39, 0.29) is 18.4 Å². The molecule has 0 aliphatic carbocycles. The van der Waals surface area contributed by atoms with Gasteiger partial charge in [0.1, 0.15) is 6.54 Å². The highest BCUT2D eigenvalue weighted by molar-refractivity contribution is 14.1. The van der Waals surface area contributed by atoms with Gasteiger partial charge in [-0.15, -0.1) is 0 Å². The number of anilines is 1. The molecule has 7 heteroatoms. The molecule has 0 radical (unpaired) electrons. The molecule has 1 heterocycles. The van der Waals surface area contributed by atoms with E-state index in [0.29, 0.717) is 6.61 Å². The molecule has 0 fully saturated rings. The zero-order valence-electron chi connectivity index (χ0n) is 12.3. The van der Waals surface area contributed by atoms with Gasteiger partial charge >= 0.3 is 5.97 Å². The molecule has 22 heavy (non-hydrogen) atoms. The van der Waals surface area contributed by atoms with Crippen molar-refractivity contribution in [2.45, 2.75) is 20.4 Å². The summed E-state index contributed by atoms with van der Waals surface area (Å²) in [5.41, 5.74) is 2.34. The molecule has 2 aromatic rings. The molecule has 2 rings (SSSR count). The highest BCUT2D eigenvalue weighted by Gasteiger charge is 2.09. The minimum Gasteiger partial charge on any atom is -0.465 e. The summed E-state index contributed by atoms with van der Waals surface area (Å²) in [5, 5.41) is 7.14. The summed E-state index contributed by atoms with van der Waals surface area (Å²) in [4.78, 5) is 22.7. The fourth-order valence-corrected chi connectivity index (χ4v) is 2.38. The van der Waals surface area contributed by atoms with E-state index in [0.717, 1.165) is 20.5 Å². The largest absolute Gasteiger partial charge is 0.465 e. The number of nitrogens with one attached hydrogen (secondary N) is 1. The molecule has 0 bridgehead atoms. The van der Waals surface area contributed by atoms with Crippen molar-refractivity contribution in [3.8, 4) is 11.3 Å². The second-order valence-electron chi connectivity index (χ2n) is 4.58. The maximum atomic E-state index is 11.4. The number of hydrogen-bond donors (Lipinski definition) is 1. The zero-order valence-corrected chi connectivity index (χ0v) is 14.5. The summed E-state index contributed by atoms with van der Waals surface area (Å²) in [5.74, 6) is -0.443. The fourth-order valence-electron chi connectivity index (χ4n) is 1.91. The number of amides is 1. The summed E-state index contributed by atoms with van der Waals surface area (Å²) in [6.45, 7) is 3.67. The van der Waals surface area contributed by atoms with Crippen LogP contribution in [0.3, 0.4) is 0 Å². The van der Waals surface area contributed by atoms with Crippen LogP contribution in [0.1, 0.15) is 13.8 Å². The molecular weight excluding hydrogens is 397 g/mol. The maximum Gasteiger partial charge on any atom is 0.327 e. The molecule has 0 atom stereocenters. The predicted octanol–water partition coefficient (Wildman–Crippen LogP) is 2.68. The number of esters is 1. The monoisotopic (exact) mass is 413 g/mol. The zero-order chi connectivity index (χ0) is 16.1. The number of nitrogens with zero attached hydrogens (tertiary/aromatic N) is 2. The lowest BCUT2D eigenvalue weighted by Crippen LogP contribution is -2.13. The van der Waals surface area contributed by atoms with Gasteiger partial charge in [0.25, 0.3) is 0 Å². The van der Waals surface area contributed by atoms with Gasteiger partial charge in [0.15, 0.2) is 0 Å². The first-order valence-corrected chi connectivity index (χ1v) is 7.84. The van der Waals surface area contributed by atoms with Gasteiger partial charge in [-0.25, -0.2) is 0 Å². The maximum absolute atomic E-state index is 11.4. The van der Waals surface area contributed by atoms with Crippen molar-refractivity contribution in [2.75, 3.05) is 11.9 Å². The van der Waals surface area contributed by atoms with Crippen LogP contribution in [0.15, 0.2) is 30.5 Å². The number of carbonyl (C=O) groups excluding carboxylic acids is 2. The van der Waals surface area contributed by atoms with E-state index in [1.165, 1.54) is 11.6 Å². The molecule has 1 amide bonds. The van der Waals surface area contributed by atoms with Crippen LogP contribution in [0.4, 0.5) is 5.69 Å². The van der Waals surface area contributed by atoms with Crippen LogP contribution in [-0.2, 0) is 20.9 Å². The standard InChI is InChI=1S/C15H16IN3O3/c1-3-22-15(21)9-19-7-6-13(18-19)11-4-5-12(16)14(8-11)17-10(2)20/h4-8H,3,9H2,1-2H3,(H,17,20). The first kappa shape index (κ1) is 16.5. The molecule has 116 valence electrons. The third kappa shape index (κ3) is 4.30. The number of halogens is 1. The van der Waals surface area contributed by atoms with Gasteiger partial charge in [-0.05, 0) is 47.7 Å². The lowest BCUT2D eigenvalue weighted by molar-refractivity contribution is -0.144. The second kappa shape index (κ2) is 7.39. The Kier molecular flexibility index (Phi) is 5.53. The molecule has 0 aliphatic rings. The topological polar surface area (TPSA) is 73.2 Å². The van der Waals surface area contributed by atoms with Crippen molar-refractivity contribution in [3.63, 3.8) is 0 Å². The molecule has 1 aromatic carbocycles.